The van der Waals surface area contributed by atoms with Gasteiger partial charge in [0, 0.05) is 24.5 Å². The number of hydrogen-bond acceptors (Lipinski definition) is 6. The third-order valence-electron chi connectivity index (χ3n) is 4.99. The second-order valence-electron chi connectivity index (χ2n) is 7.15. The molecule has 0 bridgehead atoms. The fourth-order valence-corrected chi connectivity index (χ4v) is 6.38. The molecule has 1 aromatic carbocycles. The van der Waals surface area contributed by atoms with Crippen LogP contribution in [0.4, 0.5) is 0 Å². The van der Waals surface area contributed by atoms with Crippen molar-refractivity contribution >= 4 is 27.3 Å². The fraction of sp³-hybridized carbons (Fsp3) is 0.350. The van der Waals surface area contributed by atoms with Crippen molar-refractivity contribution in [3.63, 3.8) is 0 Å². The van der Waals surface area contributed by atoms with Crippen LogP contribution in [0, 0.1) is 0 Å². The van der Waals surface area contributed by atoms with Crippen molar-refractivity contribution in [1.82, 2.24) is 24.4 Å². The number of amides is 1. The first-order valence-electron chi connectivity index (χ1n) is 9.82. The second kappa shape index (κ2) is 9.07. The number of hydrogen-bond donors (Lipinski definition) is 1. The minimum atomic E-state index is -3.45. The highest BCUT2D eigenvalue weighted by Crippen LogP contribution is 2.27. The van der Waals surface area contributed by atoms with Gasteiger partial charge in [0.25, 0.3) is 10.0 Å². The van der Waals surface area contributed by atoms with Gasteiger partial charge in [-0.2, -0.15) is 9.40 Å². The summed E-state index contributed by atoms with van der Waals surface area (Å²) >= 11 is 1.18. The van der Waals surface area contributed by atoms with Gasteiger partial charge in [-0.3, -0.25) is 4.79 Å². The lowest BCUT2D eigenvalue weighted by atomic mass is 10.2. The van der Waals surface area contributed by atoms with Crippen LogP contribution in [0.3, 0.4) is 0 Å². The van der Waals surface area contributed by atoms with Gasteiger partial charge >= 0.3 is 0 Å². The molecule has 3 aromatic rings. The maximum atomic E-state index is 12.7. The molecule has 1 aliphatic heterocycles. The molecule has 4 rings (SSSR count). The number of thiophene rings is 1. The summed E-state index contributed by atoms with van der Waals surface area (Å²) in [5.41, 5.74) is 1.86. The largest absolute Gasteiger partial charge is 0.352 e. The summed E-state index contributed by atoms with van der Waals surface area (Å²) in [6.45, 7) is 1.55. The molecule has 8 nitrogen and oxygen atoms in total. The molecule has 0 radical (unpaired) electrons. The highest BCUT2D eigenvalue weighted by molar-refractivity contribution is 7.91. The molecule has 0 saturated carbocycles. The van der Waals surface area contributed by atoms with E-state index in [1.807, 2.05) is 24.3 Å². The number of aromatic nitrogens is 3. The number of benzene rings is 1. The van der Waals surface area contributed by atoms with Crippen molar-refractivity contribution in [3.8, 4) is 5.69 Å². The SMILES string of the molecule is O=C(Cc1ccc(S(=O)(=O)N2CCCCC2)s1)NCc1ccc(-n2cncn2)cc1. The Morgan fingerprint density at radius 1 is 1.07 bits per heavy atom. The van der Waals surface area contributed by atoms with E-state index in [9.17, 15) is 13.2 Å². The normalized spacial score (nSPS) is 15.2. The Balaban J connectivity index is 1.31. The Morgan fingerprint density at radius 2 is 1.83 bits per heavy atom. The van der Waals surface area contributed by atoms with E-state index in [4.69, 9.17) is 0 Å². The average molecular weight is 446 g/mol. The zero-order chi connectivity index (χ0) is 21.0. The maximum Gasteiger partial charge on any atom is 0.252 e. The summed E-state index contributed by atoms with van der Waals surface area (Å²) in [6.07, 6.45) is 6.14. The third kappa shape index (κ3) is 4.77. The van der Waals surface area contributed by atoms with Crippen LogP contribution in [0.2, 0.25) is 0 Å². The number of nitrogens with zero attached hydrogens (tertiary/aromatic N) is 4. The van der Waals surface area contributed by atoms with Gasteiger partial charge in [0.15, 0.2) is 0 Å². The molecule has 2 aromatic heterocycles. The summed E-state index contributed by atoms with van der Waals surface area (Å²) in [7, 11) is -3.45. The lowest BCUT2D eigenvalue weighted by Gasteiger charge is -2.25. The molecule has 1 aliphatic rings. The van der Waals surface area contributed by atoms with Gasteiger partial charge in [-0.25, -0.2) is 18.1 Å². The number of carbonyl (C=O) groups is 1. The molecule has 0 atom stereocenters. The molecule has 158 valence electrons. The number of rotatable bonds is 7. The molecule has 1 saturated heterocycles. The number of piperidine rings is 1. The van der Waals surface area contributed by atoms with Crippen LogP contribution in [0.5, 0.6) is 0 Å². The summed E-state index contributed by atoms with van der Waals surface area (Å²) in [5, 5.41) is 6.96. The van der Waals surface area contributed by atoms with E-state index in [0.717, 1.165) is 35.4 Å². The first kappa shape index (κ1) is 20.7. The molecule has 0 unspecified atom stereocenters. The van der Waals surface area contributed by atoms with E-state index in [1.165, 1.54) is 17.7 Å². The highest BCUT2D eigenvalue weighted by Gasteiger charge is 2.27. The second-order valence-corrected chi connectivity index (χ2v) is 10.5. The Labute approximate surface area is 179 Å². The van der Waals surface area contributed by atoms with Crippen molar-refractivity contribution < 1.29 is 13.2 Å². The van der Waals surface area contributed by atoms with Crippen LogP contribution >= 0.6 is 11.3 Å². The molecule has 1 amide bonds. The van der Waals surface area contributed by atoms with Crippen molar-refractivity contribution in [2.24, 2.45) is 0 Å². The molecule has 1 N–H and O–H groups in total. The van der Waals surface area contributed by atoms with Crippen molar-refractivity contribution in [3.05, 3.63) is 59.5 Å². The summed E-state index contributed by atoms with van der Waals surface area (Å²) in [5.74, 6) is -0.140. The quantitative estimate of drug-likeness (QED) is 0.602. The zero-order valence-corrected chi connectivity index (χ0v) is 18.0. The van der Waals surface area contributed by atoms with Crippen LogP contribution < -0.4 is 5.32 Å². The van der Waals surface area contributed by atoms with Crippen LogP contribution in [0.25, 0.3) is 5.69 Å². The lowest BCUT2D eigenvalue weighted by Crippen LogP contribution is -2.35. The monoisotopic (exact) mass is 445 g/mol. The predicted molar refractivity (Wildman–Crippen MR) is 114 cm³/mol. The molecule has 3 heterocycles. The Bertz CT molecular complexity index is 1090. The topological polar surface area (TPSA) is 97.2 Å². The minimum Gasteiger partial charge on any atom is -0.352 e. The molecule has 10 heteroatoms. The predicted octanol–water partition coefficient (Wildman–Crippen LogP) is 2.36. The smallest absolute Gasteiger partial charge is 0.252 e. The highest BCUT2D eigenvalue weighted by atomic mass is 32.2. The molecule has 0 aliphatic carbocycles. The molecule has 30 heavy (non-hydrogen) atoms. The number of sulfonamides is 1. The van der Waals surface area contributed by atoms with Gasteiger partial charge in [0.2, 0.25) is 5.91 Å². The van der Waals surface area contributed by atoms with E-state index in [2.05, 4.69) is 15.4 Å². The molecular formula is C20H23N5O3S2. The Hall–Kier alpha value is -2.56. The van der Waals surface area contributed by atoms with Crippen LogP contribution in [-0.4, -0.2) is 46.5 Å². The summed E-state index contributed by atoms with van der Waals surface area (Å²) in [6, 6.07) is 11.0. The first-order chi connectivity index (χ1) is 14.5. The summed E-state index contributed by atoms with van der Waals surface area (Å²) in [4.78, 5) is 17.0. The van der Waals surface area contributed by atoms with Gasteiger partial charge in [-0.15, -0.1) is 11.3 Å². The molecule has 0 spiro atoms. The van der Waals surface area contributed by atoms with Crippen LogP contribution in [0.1, 0.15) is 29.7 Å². The Morgan fingerprint density at radius 3 is 2.53 bits per heavy atom. The third-order valence-corrected chi connectivity index (χ3v) is 8.44. The van der Waals surface area contributed by atoms with Gasteiger partial charge in [0.05, 0.1) is 12.1 Å². The molecule has 1 fully saturated rings. The number of carbonyl (C=O) groups excluding carboxylic acids is 1. The van der Waals surface area contributed by atoms with Gasteiger partial charge in [-0.05, 0) is 42.7 Å². The van der Waals surface area contributed by atoms with Crippen LogP contribution in [0.15, 0.2) is 53.3 Å². The maximum absolute atomic E-state index is 12.7. The fourth-order valence-electron chi connectivity index (χ4n) is 3.35. The first-order valence-corrected chi connectivity index (χ1v) is 12.1. The Kier molecular flexibility index (Phi) is 6.26. The van der Waals surface area contributed by atoms with E-state index < -0.39 is 10.0 Å². The van der Waals surface area contributed by atoms with Gasteiger partial charge in [-0.1, -0.05) is 18.6 Å². The van der Waals surface area contributed by atoms with Crippen LogP contribution in [-0.2, 0) is 27.8 Å². The minimum absolute atomic E-state index is 0.140. The standard InChI is InChI=1S/C20H23N5O3S2/c26-19(22-13-16-4-6-17(7-5-16)25-15-21-14-23-25)12-18-8-9-20(29-18)30(27,28)24-10-2-1-3-11-24/h4-9,14-15H,1-3,10-13H2,(H,22,26). The van der Waals surface area contributed by atoms with Gasteiger partial charge < -0.3 is 5.32 Å². The lowest BCUT2D eigenvalue weighted by molar-refractivity contribution is -0.120. The van der Waals surface area contributed by atoms with E-state index in [1.54, 1.807) is 27.4 Å². The van der Waals surface area contributed by atoms with E-state index in [0.29, 0.717) is 23.8 Å². The summed E-state index contributed by atoms with van der Waals surface area (Å²) < 4.78 is 29.0. The van der Waals surface area contributed by atoms with Gasteiger partial charge in [0.1, 0.15) is 16.9 Å². The van der Waals surface area contributed by atoms with Crippen molar-refractivity contribution in [1.29, 1.82) is 0 Å². The van der Waals surface area contributed by atoms with E-state index >= 15 is 0 Å². The molecular weight excluding hydrogens is 422 g/mol. The zero-order valence-electron chi connectivity index (χ0n) is 16.4. The van der Waals surface area contributed by atoms with Crippen molar-refractivity contribution in [2.45, 2.75) is 36.4 Å². The number of nitrogens with one attached hydrogen (secondary N) is 1. The van der Waals surface area contributed by atoms with E-state index in [-0.39, 0.29) is 12.3 Å². The average Bonchev–Trinajstić information content (AvgIpc) is 3.46. The van der Waals surface area contributed by atoms with Crippen molar-refractivity contribution in [2.75, 3.05) is 13.1 Å².